The summed E-state index contributed by atoms with van der Waals surface area (Å²) in [4.78, 5) is 49.2. The van der Waals surface area contributed by atoms with Gasteiger partial charge < -0.3 is 58.0 Å². The monoisotopic (exact) mass is 1210 g/mol. The number of nitrogens with one attached hydrogen (secondary N) is 3. The maximum atomic E-state index is 15.0. The lowest BCUT2D eigenvalue weighted by Gasteiger charge is -2.58. The Kier molecular flexibility index (Phi) is 14.6. The number of nitro benzene ring substituents is 1. The van der Waals surface area contributed by atoms with Gasteiger partial charge in [-0.05, 0) is 118 Å². The molecular weight excluding hydrogens is 1140 g/mol. The fraction of sp³-hybridized carbons (Fsp3) is 0.508. The summed E-state index contributed by atoms with van der Waals surface area (Å²) in [6.07, 6.45) is 7.49. The van der Waals surface area contributed by atoms with Crippen LogP contribution in [0.2, 0.25) is 0 Å². The first-order valence-electron chi connectivity index (χ1n) is 30.7. The van der Waals surface area contributed by atoms with Gasteiger partial charge in [0.15, 0.2) is 17.2 Å². The lowest BCUT2D eigenvalue weighted by atomic mass is 9.59. The molecule has 1 amide bonds. The van der Waals surface area contributed by atoms with E-state index in [9.17, 15) is 23.3 Å². The molecule has 3 aromatic heterocycles. The number of benzene rings is 3. The molecule has 15 rings (SSSR count). The number of hydrogen-bond donors (Lipinski definition) is 3. The zero-order chi connectivity index (χ0) is 59.1. The number of ether oxygens (including phenoxy) is 8. The molecule has 0 radical (unpaired) electrons. The van der Waals surface area contributed by atoms with Crippen LogP contribution >= 0.6 is 0 Å². The van der Waals surface area contributed by atoms with E-state index in [1.54, 1.807) is 6.07 Å². The smallest absolute Gasteiger partial charge is 0.297 e. The third-order valence-corrected chi connectivity index (χ3v) is 20.8. The number of hydrogen-bond acceptors (Lipinski definition) is 20. The molecule has 458 valence electrons. The number of piperidine rings is 1. The summed E-state index contributed by atoms with van der Waals surface area (Å²) < 4.78 is 80.2. The molecular formula is C63H72N10O13S. The lowest BCUT2D eigenvalue weighted by Crippen LogP contribution is -2.60. The lowest BCUT2D eigenvalue weighted by molar-refractivity contribution is -0.384. The van der Waals surface area contributed by atoms with Crippen LogP contribution < -0.4 is 43.5 Å². The molecule has 1 spiro atoms. The molecule has 23 nitrogen and oxygen atoms in total. The predicted octanol–water partition coefficient (Wildman–Crippen LogP) is 8.21. The van der Waals surface area contributed by atoms with Crippen molar-refractivity contribution in [3.63, 3.8) is 0 Å². The Bertz CT molecular complexity index is 3750. The van der Waals surface area contributed by atoms with E-state index in [4.69, 9.17) is 47.9 Å². The number of carbonyl (C=O) groups is 1. The van der Waals surface area contributed by atoms with Gasteiger partial charge in [-0.1, -0.05) is 18.2 Å². The van der Waals surface area contributed by atoms with E-state index in [2.05, 4.69) is 78.8 Å². The molecule has 9 aliphatic rings. The summed E-state index contributed by atoms with van der Waals surface area (Å²) in [6.45, 7) is 12.3. The number of aromatic amines is 1. The summed E-state index contributed by atoms with van der Waals surface area (Å²) >= 11 is 0. The minimum atomic E-state index is -4.73. The highest BCUT2D eigenvalue weighted by atomic mass is 32.2. The first-order valence-corrected chi connectivity index (χ1v) is 32.2. The van der Waals surface area contributed by atoms with Crippen LogP contribution in [0.4, 0.5) is 28.4 Å². The molecule has 6 aromatic rings. The number of carbonyl (C=O) groups excluding carboxylic acids is 1. The molecule has 3 aromatic carbocycles. The van der Waals surface area contributed by atoms with Crippen LogP contribution in [-0.4, -0.2) is 160 Å². The van der Waals surface area contributed by atoms with E-state index in [1.807, 2.05) is 30.5 Å². The van der Waals surface area contributed by atoms with Gasteiger partial charge in [-0.25, -0.2) is 18.1 Å². The van der Waals surface area contributed by atoms with Gasteiger partial charge in [0.25, 0.3) is 27.5 Å². The van der Waals surface area contributed by atoms with Gasteiger partial charge in [0.2, 0.25) is 5.88 Å². The molecule has 4 saturated heterocycles. The normalized spacial score (nSPS) is 24.8. The van der Waals surface area contributed by atoms with E-state index in [0.717, 1.165) is 105 Å². The van der Waals surface area contributed by atoms with Gasteiger partial charge in [-0.15, -0.1) is 0 Å². The summed E-state index contributed by atoms with van der Waals surface area (Å²) in [7, 11) is -4.73. The van der Waals surface area contributed by atoms with E-state index >= 15 is 0 Å². The summed E-state index contributed by atoms with van der Waals surface area (Å²) in [5.41, 5.74) is 5.70. The second kappa shape index (κ2) is 22.6. The first kappa shape index (κ1) is 56.1. The van der Waals surface area contributed by atoms with E-state index < -0.39 is 37.5 Å². The number of para-hydroxylation sites is 1. The number of piperazine rings is 1. The molecule has 0 unspecified atom stereocenters. The average molecular weight is 1210 g/mol. The highest BCUT2D eigenvalue weighted by Gasteiger charge is 2.51. The molecule has 1 aliphatic carbocycles. The molecule has 3 N–H and O–H groups in total. The number of H-pyrrole nitrogens is 1. The number of aromatic nitrogens is 3. The number of nitrogens with zero attached hydrogens (tertiary/aromatic N) is 7. The summed E-state index contributed by atoms with van der Waals surface area (Å²) in [5, 5.41) is 16.8. The molecule has 0 bridgehead atoms. The van der Waals surface area contributed by atoms with Crippen molar-refractivity contribution >= 4 is 55.4 Å². The number of pyridine rings is 2. The third kappa shape index (κ3) is 10.5. The Balaban J connectivity index is 0.703. The van der Waals surface area contributed by atoms with Crippen molar-refractivity contribution in [2.75, 3.05) is 101 Å². The van der Waals surface area contributed by atoms with Crippen molar-refractivity contribution < 1.29 is 56.0 Å². The number of rotatable bonds is 12. The Hall–Kier alpha value is -7.48. The number of sulfonamides is 1. The van der Waals surface area contributed by atoms with E-state index in [0.29, 0.717) is 93.2 Å². The van der Waals surface area contributed by atoms with Crippen LogP contribution in [-0.2, 0) is 30.8 Å². The van der Waals surface area contributed by atoms with Crippen LogP contribution in [0.15, 0.2) is 83.9 Å². The van der Waals surface area contributed by atoms with Crippen LogP contribution in [0.3, 0.4) is 0 Å². The molecule has 5 atom stereocenters. The molecule has 87 heavy (non-hydrogen) atoms. The zero-order valence-corrected chi connectivity index (χ0v) is 49.6. The van der Waals surface area contributed by atoms with Crippen molar-refractivity contribution in [1.82, 2.24) is 29.5 Å². The third-order valence-electron chi connectivity index (χ3n) is 19.5. The molecule has 8 aliphatic heterocycles. The van der Waals surface area contributed by atoms with Crippen LogP contribution in [0, 0.1) is 21.4 Å². The number of nitro groups is 1. The van der Waals surface area contributed by atoms with Crippen LogP contribution in [0.5, 0.6) is 29.0 Å². The number of amides is 1. The minimum absolute atomic E-state index is 0.00683. The fourth-order valence-corrected chi connectivity index (χ4v) is 16.1. The van der Waals surface area contributed by atoms with Crippen molar-refractivity contribution in [1.29, 1.82) is 0 Å². The Morgan fingerprint density at radius 3 is 2.48 bits per heavy atom. The van der Waals surface area contributed by atoms with Gasteiger partial charge in [0.05, 0.1) is 76.9 Å². The predicted molar refractivity (Wildman–Crippen MR) is 320 cm³/mol. The Labute approximate surface area is 504 Å². The topological polar surface area (TPSA) is 247 Å². The Morgan fingerprint density at radius 1 is 0.816 bits per heavy atom. The highest BCUT2D eigenvalue weighted by molar-refractivity contribution is 7.90. The average Bonchev–Trinajstić information content (AvgIpc) is 1.65. The minimum Gasteiger partial charge on any atom is -0.491 e. The molecule has 5 fully saturated rings. The van der Waals surface area contributed by atoms with Crippen molar-refractivity contribution in [3.05, 3.63) is 111 Å². The van der Waals surface area contributed by atoms with Crippen molar-refractivity contribution in [2.45, 2.75) is 113 Å². The van der Waals surface area contributed by atoms with E-state index in [-0.39, 0.29) is 71.8 Å². The highest BCUT2D eigenvalue weighted by Crippen LogP contribution is 2.55. The molecule has 1 saturated carbocycles. The zero-order valence-electron chi connectivity index (χ0n) is 48.8. The summed E-state index contributed by atoms with van der Waals surface area (Å²) in [5.74, 6) is 1.76. The summed E-state index contributed by atoms with van der Waals surface area (Å²) in [6, 6.07) is 22.2. The largest absolute Gasteiger partial charge is 0.491 e. The molecule has 24 heteroatoms. The quantitative estimate of drug-likeness (QED) is 0.0771. The van der Waals surface area contributed by atoms with Gasteiger partial charge in [-0.3, -0.25) is 24.7 Å². The number of fused-ring (bicyclic) bond motifs is 6. The van der Waals surface area contributed by atoms with Gasteiger partial charge in [0, 0.05) is 93.6 Å². The second-order valence-corrected chi connectivity index (χ2v) is 26.6. The first-order chi connectivity index (χ1) is 42.3. The maximum Gasteiger partial charge on any atom is 0.297 e. The maximum absolute atomic E-state index is 15.0. The standard InChI is InChI=1S/C63H72N10O13S/c1-37(2)85-54-6-4-3-5-43(54)52-32-70(53-35-81-33-47-45(53)29-56-62(66-47)83-24-23-82-56)18-19-71(52)41-30-63(31-41)13-16-69(17-14-63)40-7-8-44(49(26-40)72-48-12-22-80-36-57(48)86-61-51(72)25-39-9-15-64-59(39)67-61)60(74)68-87(77,78)42-27-50(73(75)76)58-55(28-42)84-34-46(65-58)38-10-20-79-21-11-38/h3-9,15,25-29,37-38,41,46,48,52-53,57,65H,10-14,16-24,30-36H2,1-2H3,(H,64,67)(H,68,74)/t46-,48-,52-,53+,57-/m0/s1. The second-order valence-electron chi connectivity index (χ2n) is 25.0. The van der Waals surface area contributed by atoms with Gasteiger partial charge in [-0.2, -0.15) is 4.98 Å². The Morgan fingerprint density at radius 2 is 1.64 bits per heavy atom. The van der Waals surface area contributed by atoms with Crippen LogP contribution in [0.25, 0.3) is 11.0 Å². The van der Waals surface area contributed by atoms with Crippen molar-refractivity contribution in [3.8, 4) is 29.0 Å². The van der Waals surface area contributed by atoms with Gasteiger partial charge >= 0.3 is 0 Å². The van der Waals surface area contributed by atoms with E-state index in [1.165, 1.54) is 11.6 Å². The van der Waals surface area contributed by atoms with Crippen molar-refractivity contribution in [2.24, 2.45) is 11.3 Å². The van der Waals surface area contributed by atoms with Crippen LogP contribution in [0.1, 0.15) is 98.1 Å². The fourth-order valence-electron chi connectivity index (χ4n) is 15.1. The molecule has 11 heterocycles. The number of anilines is 4. The van der Waals surface area contributed by atoms with Gasteiger partial charge in [0.1, 0.15) is 43.0 Å². The SMILES string of the molecule is CC(C)Oc1ccccc1[C@@H]1CN([C@@H]2COCc3nc4c(cc32)OCCO4)CCN1C1CC2(CCN(c3ccc(C(=O)NS(=O)(=O)c4cc5c(c([N+](=O)[O-])c4)N[C@H](C4CCOCC4)CO5)c(N4c5cc6cc[nH]c6nc5O[C@H]5COCC[C@@H]54)c3)CC2)C1.